The van der Waals surface area contributed by atoms with Gasteiger partial charge in [-0.15, -0.1) is 0 Å². The molecule has 2 aromatic carbocycles. The summed E-state index contributed by atoms with van der Waals surface area (Å²) in [5.74, 6) is 0.0439. The number of nitro benzene ring substituents is 1. The maximum atomic E-state index is 11.9. The monoisotopic (exact) mass is 309 g/mol. The zero-order chi connectivity index (χ0) is 16.2. The molecule has 23 heavy (non-hydrogen) atoms. The van der Waals surface area contributed by atoms with E-state index in [2.05, 4.69) is 20.5 Å². The van der Waals surface area contributed by atoms with E-state index in [0.29, 0.717) is 5.82 Å². The number of nitrogens with zero attached hydrogens (tertiary/aromatic N) is 3. The standard InChI is InChI=1S/C15H11N5O3/c21-15(10-5-7-11(8-6-10)20(22)23)19-16-9-14-17-12-3-1-2-4-13(12)18-14/h1-9H,(H,17,18)(H,19,21)/b16-9+. The van der Waals surface area contributed by atoms with Gasteiger partial charge in [0.2, 0.25) is 0 Å². The molecular weight excluding hydrogens is 298 g/mol. The second-order valence-electron chi connectivity index (χ2n) is 4.64. The van der Waals surface area contributed by atoms with Crippen molar-refractivity contribution in [1.82, 2.24) is 15.4 Å². The Morgan fingerprint density at radius 3 is 2.65 bits per heavy atom. The summed E-state index contributed by atoms with van der Waals surface area (Å²) in [6.07, 6.45) is 1.39. The molecule has 0 unspecified atom stereocenters. The van der Waals surface area contributed by atoms with Crippen LogP contribution in [0, 0.1) is 10.1 Å². The zero-order valence-corrected chi connectivity index (χ0v) is 11.8. The first-order valence-corrected chi connectivity index (χ1v) is 6.66. The van der Waals surface area contributed by atoms with Gasteiger partial charge in [-0.3, -0.25) is 14.9 Å². The lowest BCUT2D eigenvalue weighted by atomic mass is 10.2. The Kier molecular flexibility index (Phi) is 3.79. The second-order valence-corrected chi connectivity index (χ2v) is 4.64. The Bertz CT molecular complexity index is 866. The molecule has 3 aromatic rings. The van der Waals surface area contributed by atoms with E-state index in [9.17, 15) is 14.9 Å². The van der Waals surface area contributed by atoms with E-state index in [1.165, 1.54) is 30.5 Å². The minimum atomic E-state index is -0.526. The van der Waals surface area contributed by atoms with E-state index in [1.54, 1.807) is 0 Å². The summed E-state index contributed by atoms with van der Waals surface area (Å²) in [7, 11) is 0. The van der Waals surface area contributed by atoms with Gasteiger partial charge < -0.3 is 4.98 Å². The molecule has 0 spiro atoms. The molecule has 0 aliphatic heterocycles. The average Bonchev–Trinajstić information content (AvgIpc) is 2.97. The number of aromatic amines is 1. The number of benzene rings is 2. The van der Waals surface area contributed by atoms with Crippen molar-refractivity contribution in [2.24, 2.45) is 5.10 Å². The molecule has 1 heterocycles. The predicted molar refractivity (Wildman–Crippen MR) is 84.3 cm³/mol. The number of hydrazone groups is 1. The number of carbonyl (C=O) groups is 1. The van der Waals surface area contributed by atoms with Crippen LogP contribution >= 0.6 is 0 Å². The molecule has 0 atom stereocenters. The number of aromatic nitrogens is 2. The van der Waals surface area contributed by atoms with Crippen LogP contribution in [0.5, 0.6) is 0 Å². The van der Waals surface area contributed by atoms with Crippen molar-refractivity contribution in [1.29, 1.82) is 0 Å². The van der Waals surface area contributed by atoms with Gasteiger partial charge in [0.1, 0.15) is 0 Å². The van der Waals surface area contributed by atoms with E-state index < -0.39 is 10.8 Å². The smallest absolute Gasteiger partial charge is 0.271 e. The van der Waals surface area contributed by atoms with Crippen molar-refractivity contribution < 1.29 is 9.72 Å². The molecule has 8 nitrogen and oxygen atoms in total. The topological polar surface area (TPSA) is 113 Å². The van der Waals surface area contributed by atoms with E-state index in [4.69, 9.17) is 0 Å². The van der Waals surface area contributed by atoms with Crippen LogP contribution in [-0.2, 0) is 0 Å². The lowest BCUT2D eigenvalue weighted by Crippen LogP contribution is -2.17. The Hall–Kier alpha value is -3.55. The van der Waals surface area contributed by atoms with Gasteiger partial charge in [-0.2, -0.15) is 5.10 Å². The van der Waals surface area contributed by atoms with Gasteiger partial charge in [0, 0.05) is 17.7 Å². The normalized spacial score (nSPS) is 11.0. The number of H-pyrrole nitrogens is 1. The first-order valence-electron chi connectivity index (χ1n) is 6.66. The summed E-state index contributed by atoms with van der Waals surface area (Å²) in [5, 5.41) is 14.4. The van der Waals surface area contributed by atoms with Crippen LogP contribution in [-0.4, -0.2) is 27.0 Å². The predicted octanol–water partition coefficient (Wildman–Crippen LogP) is 2.24. The molecule has 0 saturated carbocycles. The van der Waals surface area contributed by atoms with Crippen LogP contribution in [0.2, 0.25) is 0 Å². The number of hydrogen-bond acceptors (Lipinski definition) is 5. The van der Waals surface area contributed by atoms with Crippen molar-refractivity contribution in [3.63, 3.8) is 0 Å². The highest BCUT2D eigenvalue weighted by Gasteiger charge is 2.08. The average molecular weight is 309 g/mol. The number of fused-ring (bicyclic) bond motifs is 1. The molecule has 114 valence electrons. The fourth-order valence-corrected chi connectivity index (χ4v) is 1.98. The number of nitro groups is 1. The van der Waals surface area contributed by atoms with Gasteiger partial charge >= 0.3 is 0 Å². The first-order chi connectivity index (χ1) is 11.1. The third kappa shape index (κ3) is 3.21. The van der Waals surface area contributed by atoms with Crippen molar-refractivity contribution in [2.75, 3.05) is 0 Å². The Labute approximate surface area is 130 Å². The van der Waals surface area contributed by atoms with Crippen LogP contribution in [0.4, 0.5) is 5.69 Å². The summed E-state index contributed by atoms with van der Waals surface area (Å²) in [6.45, 7) is 0. The number of imidazole rings is 1. The molecule has 0 fully saturated rings. The molecule has 1 amide bonds. The number of carbonyl (C=O) groups excluding carboxylic acids is 1. The summed E-state index contributed by atoms with van der Waals surface area (Å²) in [4.78, 5) is 29.2. The number of nitrogens with one attached hydrogen (secondary N) is 2. The third-order valence-corrected chi connectivity index (χ3v) is 3.10. The van der Waals surface area contributed by atoms with Gasteiger partial charge in [0.15, 0.2) is 5.82 Å². The van der Waals surface area contributed by atoms with Crippen LogP contribution in [0.3, 0.4) is 0 Å². The lowest BCUT2D eigenvalue weighted by Gasteiger charge is -1.98. The van der Waals surface area contributed by atoms with Crippen molar-refractivity contribution in [3.8, 4) is 0 Å². The van der Waals surface area contributed by atoms with E-state index in [0.717, 1.165) is 11.0 Å². The van der Waals surface area contributed by atoms with Crippen LogP contribution in [0.15, 0.2) is 53.6 Å². The highest BCUT2D eigenvalue weighted by atomic mass is 16.6. The highest BCUT2D eigenvalue weighted by Crippen LogP contribution is 2.12. The van der Waals surface area contributed by atoms with Crippen LogP contribution in [0.25, 0.3) is 11.0 Å². The Morgan fingerprint density at radius 1 is 1.22 bits per heavy atom. The minimum absolute atomic E-state index is 0.0765. The van der Waals surface area contributed by atoms with Crippen LogP contribution in [0.1, 0.15) is 16.2 Å². The SMILES string of the molecule is O=C(N/N=C/c1nc2ccccc2[nH]1)c1ccc([N+](=O)[O-])cc1. The largest absolute Gasteiger partial charge is 0.337 e. The van der Waals surface area contributed by atoms with Gasteiger partial charge in [0.05, 0.1) is 22.2 Å². The molecule has 0 radical (unpaired) electrons. The fourth-order valence-electron chi connectivity index (χ4n) is 1.98. The Balaban J connectivity index is 1.67. The Morgan fingerprint density at radius 2 is 1.96 bits per heavy atom. The number of rotatable bonds is 4. The molecule has 2 N–H and O–H groups in total. The van der Waals surface area contributed by atoms with Crippen molar-refractivity contribution >= 4 is 28.8 Å². The fraction of sp³-hybridized carbons (Fsp3) is 0. The van der Waals surface area contributed by atoms with E-state index in [-0.39, 0.29) is 11.3 Å². The first kappa shape index (κ1) is 14.4. The zero-order valence-electron chi connectivity index (χ0n) is 11.8. The van der Waals surface area contributed by atoms with Gasteiger partial charge in [-0.1, -0.05) is 12.1 Å². The highest BCUT2D eigenvalue weighted by molar-refractivity contribution is 5.95. The lowest BCUT2D eigenvalue weighted by molar-refractivity contribution is -0.384. The quantitative estimate of drug-likeness (QED) is 0.437. The summed E-state index contributed by atoms with van der Waals surface area (Å²) >= 11 is 0. The summed E-state index contributed by atoms with van der Waals surface area (Å²) in [5.41, 5.74) is 4.21. The second kappa shape index (κ2) is 6.06. The number of amides is 1. The number of non-ortho nitro benzene ring substituents is 1. The molecule has 0 bridgehead atoms. The van der Waals surface area contributed by atoms with Crippen molar-refractivity contribution in [2.45, 2.75) is 0 Å². The summed E-state index contributed by atoms with van der Waals surface area (Å²) < 4.78 is 0. The number of para-hydroxylation sites is 2. The third-order valence-electron chi connectivity index (χ3n) is 3.10. The van der Waals surface area contributed by atoms with Crippen LogP contribution < -0.4 is 5.43 Å². The molecule has 0 aliphatic rings. The minimum Gasteiger partial charge on any atom is -0.337 e. The molecular formula is C15H11N5O3. The maximum Gasteiger partial charge on any atom is 0.271 e. The molecule has 0 saturated heterocycles. The summed E-state index contributed by atoms with van der Waals surface area (Å²) in [6, 6.07) is 12.8. The van der Waals surface area contributed by atoms with E-state index in [1.807, 2.05) is 24.3 Å². The molecule has 3 rings (SSSR count). The molecule has 1 aromatic heterocycles. The van der Waals surface area contributed by atoms with Gasteiger partial charge in [-0.05, 0) is 24.3 Å². The van der Waals surface area contributed by atoms with Gasteiger partial charge in [-0.25, -0.2) is 10.4 Å². The maximum absolute atomic E-state index is 11.9. The van der Waals surface area contributed by atoms with E-state index >= 15 is 0 Å². The molecule has 8 heteroatoms. The number of hydrogen-bond donors (Lipinski definition) is 2. The van der Waals surface area contributed by atoms with Gasteiger partial charge in [0.25, 0.3) is 11.6 Å². The molecule has 0 aliphatic carbocycles. The van der Waals surface area contributed by atoms with Crippen molar-refractivity contribution in [3.05, 3.63) is 70.0 Å².